The number of carbonyl (C=O) groups is 1. The van der Waals surface area contributed by atoms with Gasteiger partial charge in [0.15, 0.2) is 0 Å². The summed E-state index contributed by atoms with van der Waals surface area (Å²) in [6.45, 7) is 12.4. The number of nitrogens with zero attached hydrogens (tertiary/aromatic N) is 6. The molecule has 0 N–H and O–H groups in total. The van der Waals surface area contributed by atoms with E-state index in [2.05, 4.69) is 32.2 Å². The number of carbonyl (C=O) groups excluding carboxylic acids is 1. The fraction of sp³-hybridized carbons (Fsp3) is 0.632. The summed E-state index contributed by atoms with van der Waals surface area (Å²) in [5.41, 5.74) is 1.40. The number of ether oxygens (including phenoxy) is 1. The second kappa shape index (κ2) is 8.58. The number of rotatable bonds is 3. The third-order valence-electron chi connectivity index (χ3n) is 5.04. The van der Waals surface area contributed by atoms with Crippen LogP contribution in [-0.2, 0) is 17.7 Å². The van der Waals surface area contributed by atoms with E-state index in [0.29, 0.717) is 26.2 Å². The summed E-state index contributed by atoms with van der Waals surface area (Å²) in [5, 5.41) is 9.50. The van der Waals surface area contributed by atoms with Gasteiger partial charge in [0, 0.05) is 0 Å². The molecule has 0 spiro atoms. The molecule has 0 saturated carbocycles. The second-order valence-electron chi connectivity index (χ2n) is 8.28. The first-order valence-corrected chi connectivity index (χ1v) is 10.1. The van der Waals surface area contributed by atoms with E-state index >= 15 is 0 Å². The topological polar surface area (TPSA) is 85.6 Å². The van der Waals surface area contributed by atoms with Crippen LogP contribution < -0.4 is 4.90 Å². The maximum atomic E-state index is 12.6. The number of aromatic nitrogens is 2. The van der Waals surface area contributed by atoms with Gasteiger partial charge in [-0.3, -0.25) is 0 Å². The molecule has 1 unspecified atom stereocenters. The van der Waals surface area contributed by atoms with Crippen molar-refractivity contribution in [3.8, 4) is 6.07 Å². The Morgan fingerprint density at radius 2 is 2.14 bits per heavy atom. The van der Waals surface area contributed by atoms with Crippen LogP contribution in [0.4, 0.5) is 10.6 Å². The molecule has 2 aliphatic heterocycles. The molecule has 0 aliphatic carbocycles. The molecule has 1 fully saturated rings. The van der Waals surface area contributed by atoms with Gasteiger partial charge in [0.1, 0.15) is 0 Å². The molecule has 10 heteroatoms. The van der Waals surface area contributed by atoms with E-state index in [1.165, 1.54) is 0 Å². The van der Waals surface area contributed by atoms with Crippen molar-refractivity contribution in [1.82, 2.24) is 19.7 Å². The SMILES string of the molecule is C=BN1CCc2c(nc(Cl)nc2N2CCN(C(=O)OC(C)(C)C)C(CC#N)C2)C1. The van der Waals surface area contributed by atoms with E-state index in [4.69, 9.17) is 16.3 Å². The zero-order valence-electron chi connectivity index (χ0n) is 17.2. The summed E-state index contributed by atoms with van der Waals surface area (Å²) in [6, 6.07) is 1.91. The van der Waals surface area contributed by atoms with Gasteiger partial charge in [-0.15, -0.1) is 0 Å². The van der Waals surface area contributed by atoms with Crippen molar-refractivity contribution in [2.75, 3.05) is 31.1 Å². The van der Waals surface area contributed by atoms with Crippen LogP contribution in [0.5, 0.6) is 0 Å². The van der Waals surface area contributed by atoms with Gasteiger partial charge in [0.2, 0.25) is 0 Å². The number of piperazine rings is 1. The van der Waals surface area contributed by atoms with Crippen LogP contribution in [0.15, 0.2) is 0 Å². The van der Waals surface area contributed by atoms with E-state index in [0.717, 1.165) is 30.0 Å². The fourth-order valence-electron chi connectivity index (χ4n) is 3.71. The second-order valence-corrected chi connectivity index (χ2v) is 8.62. The van der Waals surface area contributed by atoms with E-state index in [1.54, 1.807) is 12.0 Å². The molecule has 29 heavy (non-hydrogen) atoms. The predicted molar refractivity (Wildman–Crippen MR) is 113 cm³/mol. The van der Waals surface area contributed by atoms with Gasteiger partial charge in [-0.1, -0.05) is 0 Å². The van der Waals surface area contributed by atoms with Crippen LogP contribution in [0.25, 0.3) is 0 Å². The summed E-state index contributed by atoms with van der Waals surface area (Å²) in [4.78, 5) is 27.4. The van der Waals surface area contributed by atoms with Gasteiger partial charge >= 0.3 is 156 Å². The molecule has 8 nitrogen and oxygen atoms in total. The van der Waals surface area contributed by atoms with E-state index in [9.17, 15) is 10.1 Å². The first-order valence-electron chi connectivity index (χ1n) is 9.75. The molecular weight excluding hydrogens is 391 g/mol. The summed E-state index contributed by atoms with van der Waals surface area (Å²) in [6.07, 6.45) is 0.631. The van der Waals surface area contributed by atoms with Gasteiger partial charge in [0.25, 0.3) is 0 Å². The third kappa shape index (κ3) is 4.99. The monoisotopic (exact) mass is 416 g/mol. The van der Waals surface area contributed by atoms with Crippen LogP contribution >= 0.6 is 11.6 Å². The Labute approximate surface area is 177 Å². The van der Waals surface area contributed by atoms with Crippen LogP contribution in [0.2, 0.25) is 5.28 Å². The number of hydrogen-bond acceptors (Lipinski definition) is 7. The normalized spacial score (nSPS) is 19.3. The minimum absolute atomic E-state index is 0.205. The van der Waals surface area contributed by atoms with Crippen LogP contribution in [0, 0.1) is 11.3 Å². The maximum absolute atomic E-state index is 12.6. The molecule has 0 bridgehead atoms. The van der Waals surface area contributed by atoms with E-state index in [-0.39, 0.29) is 23.8 Å². The molecule has 1 saturated heterocycles. The van der Waals surface area contributed by atoms with Gasteiger partial charge in [-0.05, 0) is 20.8 Å². The minimum atomic E-state index is -0.582. The van der Waals surface area contributed by atoms with Gasteiger partial charge < -0.3 is 0 Å². The molecule has 3 heterocycles. The van der Waals surface area contributed by atoms with Crippen molar-refractivity contribution in [3.63, 3.8) is 0 Å². The zero-order valence-corrected chi connectivity index (χ0v) is 17.9. The van der Waals surface area contributed by atoms with Crippen molar-refractivity contribution in [2.24, 2.45) is 0 Å². The Morgan fingerprint density at radius 1 is 1.38 bits per heavy atom. The third-order valence-corrected chi connectivity index (χ3v) is 5.21. The van der Waals surface area contributed by atoms with Crippen LogP contribution in [0.1, 0.15) is 38.4 Å². The molecule has 1 amide bonds. The molecule has 0 aromatic carbocycles. The quantitative estimate of drug-likeness (QED) is 0.549. The van der Waals surface area contributed by atoms with Crippen LogP contribution in [0.3, 0.4) is 0 Å². The molecule has 0 radical (unpaired) electrons. The van der Waals surface area contributed by atoms with Gasteiger partial charge in [-0.2, -0.15) is 0 Å². The fourth-order valence-corrected chi connectivity index (χ4v) is 3.89. The standard InChI is InChI=1S/C19H26BClN6O2/c1-19(2,3)29-18(28)27-10-9-25(11-13(27)5-7-22)16-14-6-8-26(20-4)12-15(14)23-17(21)24-16/h13H,4-6,8-12H2,1-3H3. The summed E-state index contributed by atoms with van der Waals surface area (Å²) < 4.78 is 5.53. The van der Waals surface area contributed by atoms with Crippen LogP contribution in [-0.4, -0.2) is 77.1 Å². The number of fused-ring (bicyclic) bond motifs is 1. The van der Waals surface area contributed by atoms with Gasteiger partial charge in [-0.25, -0.2) is 0 Å². The number of amides is 1. The predicted octanol–water partition coefficient (Wildman–Crippen LogP) is 1.88. The number of halogens is 1. The number of hydrogen-bond donors (Lipinski definition) is 0. The first-order chi connectivity index (χ1) is 13.7. The average Bonchev–Trinajstić information content (AvgIpc) is 2.65. The van der Waals surface area contributed by atoms with Crippen molar-refractivity contribution >= 4 is 37.0 Å². The Balaban J connectivity index is 1.83. The van der Waals surface area contributed by atoms with E-state index in [1.807, 2.05) is 20.8 Å². The number of anilines is 1. The van der Waals surface area contributed by atoms with Crippen molar-refractivity contribution < 1.29 is 9.53 Å². The molecular formula is C19H26BClN6O2. The zero-order chi connectivity index (χ0) is 21.2. The number of nitriles is 1. The van der Waals surface area contributed by atoms with Crippen molar-refractivity contribution in [2.45, 2.75) is 51.8 Å². The van der Waals surface area contributed by atoms with E-state index < -0.39 is 5.60 Å². The average molecular weight is 417 g/mol. The molecule has 2 aliphatic rings. The Hall–Kier alpha value is -2.34. The Morgan fingerprint density at radius 3 is 2.79 bits per heavy atom. The summed E-state index contributed by atoms with van der Waals surface area (Å²) >= 11 is 6.21. The Kier molecular flexibility index (Phi) is 6.32. The molecule has 1 aromatic heterocycles. The van der Waals surface area contributed by atoms with Gasteiger partial charge in [0.05, 0.1) is 0 Å². The van der Waals surface area contributed by atoms with Crippen molar-refractivity contribution in [1.29, 1.82) is 5.26 Å². The molecule has 3 rings (SSSR count). The molecule has 154 valence electrons. The summed E-state index contributed by atoms with van der Waals surface area (Å²) in [5.74, 6) is 0.801. The van der Waals surface area contributed by atoms with Crippen molar-refractivity contribution in [3.05, 3.63) is 16.5 Å². The first kappa shape index (κ1) is 21.4. The Bertz CT molecular complexity index is 837. The molecule has 1 atom stereocenters. The summed E-state index contributed by atoms with van der Waals surface area (Å²) in [7, 11) is 1.81. The molecule has 1 aromatic rings.